The summed E-state index contributed by atoms with van der Waals surface area (Å²) in [5, 5.41) is 4.58. The summed E-state index contributed by atoms with van der Waals surface area (Å²) in [6.07, 6.45) is 2.19. The zero-order valence-corrected chi connectivity index (χ0v) is 13.4. The Bertz CT molecular complexity index is 915. The van der Waals surface area contributed by atoms with Crippen LogP contribution in [-0.2, 0) is 0 Å². The number of carbonyl (C=O) groups excluding carboxylic acids is 1. The molecular weight excluding hydrogens is 298 g/mol. The van der Waals surface area contributed by atoms with Gasteiger partial charge in [-0.1, -0.05) is 36.4 Å². The van der Waals surface area contributed by atoms with Crippen LogP contribution in [0.3, 0.4) is 0 Å². The summed E-state index contributed by atoms with van der Waals surface area (Å²) in [5.41, 5.74) is 3.01. The van der Waals surface area contributed by atoms with Crippen LogP contribution in [0.1, 0.15) is 16.8 Å². The van der Waals surface area contributed by atoms with Crippen molar-refractivity contribution in [3.63, 3.8) is 0 Å². The molecule has 3 heterocycles. The number of benzene rings is 2. The second kappa shape index (κ2) is 5.21. The van der Waals surface area contributed by atoms with E-state index in [0.29, 0.717) is 12.1 Å². The van der Waals surface area contributed by atoms with Gasteiger partial charge in [0.2, 0.25) is 0 Å². The van der Waals surface area contributed by atoms with Crippen molar-refractivity contribution >= 4 is 23.0 Å². The molecule has 0 radical (unpaired) electrons. The summed E-state index contributed by atoms with van der Waals surface area (Å²) < 4.78 is 2.25. The van der Waals surface area contributed by atoms with Gasteiger partial charge in [-0.05, 0) is 24.6 Å². The minimum absolute atomic E-state index is 0.473. The largest absolute Gasteiger partial charge is 0.351 e. The topological polar surface area (TPSA) is 37.3 Å². The Hall–Kier alpha value is -2.59. The van der Waals surface area contributed by atoms with Crippen LogP contribution in [0.2, 0.25) is 0 Å². The third-order valence-corrected chi connectivity index (χ3v) is 5.35. The van der Waals surface area contributed by atoms with Crippen molar-refractivity contribution in [2.75, 3.05) is 18.0 Å². The predicted octanol–water partition coefficient (Wildman–Crippen LogP) is 2.99. The van der Waals surface area contributed by atoms with E-state index in [9.17, 15) is 4.79 Å². The number of hydrogen-bond donors (Lipinski definition) is 1. The third kappa shape index (κ3) is 1.86. The number of para-hydroxylation sites is 2. The fourth-order valence-electron chi connectivity index (χ4n) is 4.31. The molecule has 120 valence electrons. The number of rotatable bonds is 3. The lowest BCUT2D eigenvalue weighted by Crippen LogP contribution is -2.44. The highest BCUT2D eigenvalue weighted by Crippen LogP contribution is 2.39. The van der Waals surface area contributed by atoms with Crippen molar-refractivity contribution in [1.29, 1.82) is 0 Å². The van der Waals surface area contributed by atoms with Gasteiger partial charge in [0.25, 0.3) is 0 Å². The molecule has 2 aromatic carbocycles. The number of aromatic nitrogens is 1. The van der Waals surface area contributed by atoms with Crippen molar-refractivity contribution in [2.45, 2.75) is 18.5 Å². The van der Waals surface area contributed by atoms with Gasteiger partial charge in [0.15, 0.2) is 6.29 Å². The van der Waals surface area contributed by atoms with Crippen molar-refractivity contribution in [1.82, 2.24) is 9.88 Å². The molecule has 2 fully saturated rings. The number of fused-ring (bicyclic) bond motifs is 3. The first kappa shape index (κ1) is 13.8. The van der Waals surface area contributed by atoms with Crippen molar-refractivity contribution in [3.05, 3.63) is 60.2 Å². The highest BCUT2D eigenvalue weighted by molar-refractivity contribution is 6.05. The molecule has 1 N–H and O–H groups in total. The van der Waals surface area contributed by atoms with Gasteiger partial charge in [-0.3, -0.25) is 9.36 Å². The Balaban J connectivity index is 1.82. The molecule has 2 bridgehead atoms. The lowest BCUT2D eigenvalue weighted by atomic mass is 10.1. The number of piperazine rings is 1. The van der Waals surface area contributed by atoms with E-state index >= 15 is 0 Å². The van der Waals surface area contributed by atoms with E-state index in [1.54, 1.807) is 0 Å². The minimum Gasteiger partial charge on any atom is -0.351 e. The smallest absolute Gasteiger partial charge is 0.154 e. The summed E-state index contributed by atoms with van der Waals surface area (Å²) in [6.45, 7) is 1.97. The minimum atomic E-state index is 0.473. The maximum absolute atomic E-state index is 12.0. The van der Waals surface area contributed by atoms with Crippen LogP contribution in [0.15, 0.2) is 54.6 Å². The molecule has 1 aromatic heterocycles. The van der Waals surface area contributed by atoms with Crippen LogP contribution < -0.4 is 10.2 Å². The molecule has 4 heteroatoms. The number of aldehydes is 1. The molecule has 0 saturated carbocycles. The molecule has 2 aliphatic heterocycles. The first-order valence-corrected chi connectivity index (χ1v) is 8.51. The predicted molar refractivity (Wildman–Crippen MR) is 96.2 cm³/mol. The van der Waals surface area contributed by atoms with Crippen molar-refractivity contribution in [3.8, 4) is 5.69 Å². The molecule has 0 aliphatic carbocycles. The Kier molecular flexibility index (Phi) is 3.00. The molecule has 2 unspecified atom stereocenters. The molecule has 2 aliphatic rings. The molecule has 24 heavy (non-hydrogen) atoms. The highest BCUT2D eigenvalue weighted by atomic mass is 16.1. The molecule has 0 spiro atoms. The molecule has 3 aromatic rings. The van der Waals surface area contributed by atoms with Crippen molar-refractivity contribution in [2.24, 2.45) is 0 Å². The summed E-state index contributed by atoms with van der Waals surface area (Å²) in [5.74, 6) is 1.05. The zero-order chi connectivity index (χ0) is 16.1. The SMILES string of the molecule is O=Cc1c(N2CC3CC2CN3)n(-c2ccccc2)c2ccccc12. The maximum atomic E-state index is 12.0. The fraction of sp³-hybridized carbons (Fsp3) is 0.250. The standard InChI is InChI=1S/C20H19N3O/c24-13-18-17-8-4-5-9-19(17)23(15-6-2-1-3-7-15)20(18)22-12-14-10-16(22)11-21-14/h1-9,13-14,16,21H,10-12H2. The van der Waals surface area contributed by atoms with Crippen LogP contribution in [0.5, 0.6) is 0 Å². The van der Waals surface area contributed by atoms with E-state index in [1.165, 1.54) is 0 Å². The first-order chi connectivity index (χ1) is 11.9. The van der Waals surface area contributed by atoms with Gasteiger partial charge in [-0.25, -0.2) is 0 Å². The van der Waals surface area contributed by atoms with Crippen LogP contribution in [0.4, 0.5) is 5.82 Å². The molecule has 2 atom stereocenters. The van der Waals surface area contributed by atoms with Gasteiger partial charge >= 0.3 is 0 Å². The van der Waals surface area contributed by atoms with E-state index in [-0.39, 0.29) is 0 Å². The monoisotopic (exact) mass is 317 g/mol. The van der Waals surface area contributed by atoms with Gasteiger partial charge in [0, 0.05) is 36.2 Å². The second-order valence-corrected chi connectivity index (χ2v) is 6.69. The Morgan fingerprint density at radius 1 is 1.04 bits per heavy atom. The second-order valence-electron chi connectivity index (χ2n) is 6.69. The van der Waals surface area contributed by atoms with Crippen LogP contribution in [-0.4, -0.2) is 36.0 Å². The van der Waals surface area contributed by atoms with Gasteiger partial charge in [0.1, 0.15) is 5.82 Å². The fourth-order valence-corrected chi connectivity index (χ4v) is 4.31. The van der Waals surface area contributed by atoms with Gasteiger partial charge in [-0.15, -0.1) is 0 Å². The first-order valence-electron chi connectivity index (χ1n) is 8.51. The molecule has 2 saturated heterocycles. The van der Waals surface area contributed by atoms with Gasteiger partial charge < -0.3 is 10.2 Å². The lowest BCUT2D eigenvalue weighted by Gasteiger charge is -2.31. The number of hydrogen-bond acceptors (Lipinski definition) is 3. The summed E-state index contributed by atoms with van der Waals surface area (Å²) in [7, 11) is 0. The Morgan fingerprint density at radius 3 is 2.54 bits per heavy atom. The van der Waals surface area contributed by atoms with E-state index in [2.05, 4.69) is 39.0 Å². The Labute approximate surface area is 140 Å². The van der Waals surface area contributed by atoms with E-state index in [0.717, 1.165) is 53.8 Å². The summed E-state index contributed by atoms with van der Waals surface area (Å²) >= 11 is 0. The lowest BCUT2D eigenvalue weighted by molar-refractivity contribution is 0.112. The quantitative estimate of drug-likeness (QED) is 0.755. The third-order valence-electron chi connectivity index (χ3n) is 5.35. The normalized spacial score (nSPS) is 22.4. The zero-order valence-electron chi connectivity index (χ0n) is 13.4. The van der Waals surface area contributed by atoms with Crippen LogP contribution in [0.25, 0.3) is 16.6 Å². The van der Waals surface area contributed by atoms with Gasteiger partial charge in [-0.2, -0.15) is 0 Å². The molecular formula is C20H19N3O. The van der Waals surface area contributed by atoms with Crippen LogP contribution in [0, 0.1) is 0 Å². The number of nitrogens with one attached hydrogen (secondary N) is 1. The summed E-state index contributed by atoms with van der Waals surface area (Å²) in [6, 6.07) is 19.5. The molecule has 5 rings (SSSR count). The average Bonchev–Trinajstić information content (AvgIpc) is 3.34. The number of anilines is 1. The van der Waals surface area contributed by atoms with E-state index < -0.39 is 0 Å². The van der Waals surface area contributed by atoms with Gasteiger partial charge in [0.05, 0.1) is 11.1 Å². The van der Waals surface area contributed by atoms with E-state index in [1.807, 2.05) is 30.3 Å². The molecule has 0 amide bonds. The summed E-state index contributed by atoms with van der Waals surface area (Å²) in [4.78, 5) is 14.4. The molecule has 4 nitrogen and oxygen atoms in total. The van der Waals surface area contributed by atoms with Crippen LogP contribution >= 0.6 is 0 Å². The highest BCUT2D eigenvalue weighted by Gasteiger charge is 2.40. The Morgan fingerprint density at radius 2 is 1.83 bits per heavy atom. The number of carbonyl (C=O) groups is 1. The van der Waals surface area contributed by atoms with E-state index in [4.69, 9.17) is 0 Å². The maximum Gasteiger partial charge on any atom is 0.154 e. The average molecular weight is 317 g/mol. The van der Waals surface area contributed by atoms with Crippen molar-refractivity contribution < 1.29 is 4.79 Å². The number of nitrogens with zero attached hydrogens (tertiary/aromatic N) is 2.